The molecule has 162 valence electrons. The van der Waals surface area contributed by atoms with E-state index in [2.05, 4.69) is 5.32 Å². The number of amides is 2. The molecule has 7 heteroatoms. The molecule has 3 aromatic rings. The maximum atomic E-state index is 12.4. The minimum Gasteiger partial charge on any atom is -0.497 e. The van der Waals surface area contributed by atoms with Gasteiger partial charge in [0.05, 0.1) is 13.7 Å². The van der Waals surface area contributed by atoms with E-state index >= 15 is 0 Å². The summed E-state index contributed by atoms with van der Waals surface area (Å²) < 4.78 is 16.7. The molecule has 1 aliphatic rings. The molecule has 31 heavy (non-hydrogen) atoms. The maximum absolute atomic E-state index is 12.4. The molecule has 4 rings (SSSR count). The molecule has 0 saturated heterocycles. The fourth-order valence-corrected chi connectivity index (χ4v) is 3.77. The molecule has 2 amide bonds. The first kappa shape index (κ1) is 20.8. The number of anilines is 1. The van der Waals surface area contributed by atoms with Crippen molar-refractivity contribution in [2.24, 2.45) is 0 Å². The standard InChI is InChI=1S/C24H26N2O5/c1-26(14-23(27)25-16-7-9-17(29-2)10-8-16)24(28)15-30-18-11-12-22-20(13-18)19-5-3-4-6-21(19)31-22/h7-13H,3-6,14-15H2,1-2H3,(H,25,27). The Balaban J connectivity index is 1.31. The first-order valence-corrected chi connectivity index (χ1v) is 10.4. The fraction of sp³-hybridized carbons (Fsp3) is 0.333. The predicted octanol–water partition coefficient (Wildman–Crippen LogP) is 3.80. The van der Waals surface area contributed by atoms with Crippen molar-refractivity contribution in [3.63, 3.8) is 0 Å². The highest BCUT2D eigenvalue weighted by Gasteiger charge is 2.19. The molecule has 0 saturated carbocycles. The molecule has 0 radical (unpaired) electrons. The summed E-state index contributed by atoms with van der Waals surface area (Å²) in [6.07, 6.45) is 4.30. The van der Waals surface area contributed by atoms with E-state index in [1.807, 2.05) is 12.1 Å². The van der Waals surface area contributed by atoms with Crippen LogP contribution in [0, 0.1) is 0 Å². The number of carbonyl (C=O) groups is 2. The molecule has 0 atom stereocenters. The number of aryl methyl sites for hydroxylation is 2. The lowest BCUT2D eigenvalue weighted by Crippen LogP contribution is -2.37. The molecular formula is C24H26N2O5. The topological polar surface area (TPSA) is 81.0 Å². The largest absolute Gasteiger partial charge is 0.497 e. The second-order valence-electron chi connectivity index (χ2n) is 7.68. The number of nitrogens with one attached hydrogen (secondary N) is 1. The van der Waals surface area contributed by atoms with Crippen molar-refractivity contribution in [1.29, 1.82) is 0 Å². The molecule has 7 nitrogen and oxygen atoms in total. The third-order valence-electron chi connectivity index (χ3n) is 5.47. The lowest BCUT2D eigenvalue weighted by molar-refractivity contribution is -0.135. The van der Waals surface area contributed by atoms with Crippen LogP contribution in [0.5, 0.6) is 11.5 Å². The fourth-order valence-electron chi connectivity index (χ4n) is 3.77. The molecule has 0 fully saturated rings. The number of hydrogen-bond donors (Lipinski definition) is 1. The summed E-state index contributed by atoms with van der Waals surface area (Å²) in [7, 11) is 3.16. The summed E-state index contributed by atoms with van der Waals surface area (Å²) in [6, 6.07) is 12.6. The number of nitrogens with zero attached hydrogens (tertiary/aromatic N) is 1. The van der Waals surface area contributed by atoms with Gasteiger partial charge in [-0.15, -0.1) is 0 Å². The summed E-state index contributed by atoms with van der Waals surface area (Å²) >= 11 is 0. The number of likely N-dealkylation sites (N-methyl/N-ethyl adjacent to an activating group) is 1. The van der Waals surface area contributed by atoms with Gasteiger partial charge < -0.3 is 24.1 Å². The predicted molar refractivity (Wildman–Crippen MR) is 118 cm³/mol. The first-order valence-electron chi connectivity index (χ1n) is 10.4. The monoisotopic (exact) mass is 422 g/mol. The number of methoxy groups -OCH3 is 1. The van der Waals surface area contributed by atoms with E-state index in [0.29, 0.717) is 17.2 Å². The van der Waals surface area contributed by atoms with Gasteiger partial charge in [-0.25, -0.2) is 0 Å². The molecular weight excluding hydrogens is 396 g/mol. The molecule has 0 bridgehead atoms. The first-order chi connectivity index (χ1) is 15.0. The highest BCUT2D eigenvalue weighted by atomic mass is 16.5. The average molecular weight is 422 g/mol. The van der Waals surface area contributed by atoms with E-state index in [1.54, 1.807) is 44.5 Å². The number of benzene rings is 2. The lowest BCUT2D eigenvalue weighted by Gasteiger charge is -2.17. The minimum atomic E-state index is -0.285. The highest BCUT2D eigenvalue weighted by molar-refractivity contribution is 5.94. The molecule has 2 aromatic carbocycles. The van der Waals surface area contributed by atoms with Crippen LogP contribution in [-0.4, -0.2) is 44.0 Å². The smallest absolute Gasteiger partial charge is 0.260 e. The molecule has 1 heterocycles. The number of carbonyl (C=O) groups excluding carboxylic acids is 2. The summed E-state index contributed by atoms with van der Waals surface area (Å²) in [5.41, 5.74) is 2.75. The Hall–Kier alpha value is -3.48. The van der Waals surface area contributed by atoms with Crippen LogP contribution < -0.4 is 14.8 Å². The van der Waals surface area contributed by atoms with Gasteiger partial charge in [0, 0.05) is 30.1 Å². The molecule has 1 N–H and O–H groups in total. The van der Waals surface area contributed by atoms with E-state index in [9.17, 15) is 9.59 Å². The molecule has 1 aliphatic carbocycles. The SMILES string of the molecule is COc1ccc(NC(=O)CN(C)C(=O)COc2ccc3oc4c(c3c2)CCCC4)cc1. The third-order valence-corrected chi connectivity index (χ3v) is 5.47. The molecule has 1 aromatic heterocycles. The van der Waals surface area contributed by atoms with Crippen molar-refractivity contribution < 1.29 is 23.5 Å². The zero-order valence-electron chi connectivity index (χ0n) is 17.8. The molecule has 0 spiro atoms. The zero-order chi connectivity index (χ0) is 21.8. The van der Waals surface area contributed by atoms with Gasteiger partial charge in [0.2, 0.25) is 5.91 Å². The van der Waals surface area contributed by atoms with E-state index < -0.39 is 0 Å². The van der Waals surface area contributed by atoms with E-state index in [-0.39, 0.29) is 25.0 Å². The van der Waals surface area contributed by atoms with Crippen LogP contribution in [0.3, 0.4) is 0 Å². The average Bonchev–Trinajstić information content (AvgIpc) is 3.15. The van der Waals surface area contributed by atoms with Gasteiger partial charge in [-0.1, -0.05) is 0 Å². The van der Waals surface area contributed by atoms with Gasteiger partial charge in [0.1, 0.15) is 22.8 Å². The van der Waals surface area contributed by atoms with Crippen LogP contribution in [-0.2, 0) is 22.4 Å². The summed E-state index contributed by atoms with van der Waals surface area (Å²) in [4.78, 5) is 26.0. The maximum Gasteiger partial charge on any atom is 0.260 e. The minimum absolute atomic E-state index is 0.0670. The zero-order valence-corrected chi connectivity index (χ0v) is 17.8. The second-order valence-corrected chi connectivity index (χ2v) is 7.68. The van der Waals surface area contributed by atoms with Gasteiger partial charge in [0.15, 0.2) is 6.61 Å². The van der Waals surface area contributed by atoms with Crippen LogP contribution in [0.2, 0.25) is 0 Å². The van der Waals surface area contributed by atoms with Crippen LogP contribution in [0.4, 0.5) is 5.69 Å². The van der Waals surface area contributed by atoms with Gasteiger partial charge in [-0.05, 0) is 61.7 Å². The van der Waals surface area contributed by atoms with Crippen molar-refractivity contribution in [3.8, 4) is 11.5 Å². The summed E-state index contributed by atoms with van der Waals surface area (Å²) in [6.45, 7) is -0.208. The Labute approximate surface area is 180 Å². The lowest BCUT2D eigenvalue weighted by atomic mass is 9.96. The van der Waals surface area contributed by atoms with Crippen LogP contribution in [0.25, 0.3) is 11.0 Å². The Bertz CT molecular complexity index is 1090. The van der Waals surface area contributed by atoms with Crippen LogP contribution in [0.1, 0.15) is 24.2 Å². The van der Waals surface area contributed by atoms with Gasteiger partial charge in [-0.2, -0.15) is 0 Å². The Kier molecular flexibility index (Phi) is 6.11. The highest BCUT2D eigenvalue weighted by Crippen LogP contribution is 2.33. The number of furan rings is 1. The Morgan fingerprint density at radius 2 is 1.81 bits per heavy atom. The van der Waals surface area contributed by atoms with Crippen molar-refractivity contribution in [2.75, 3.05) is 32.6 Å². The Morgan fingerprint density at radius 1 is 1.06 bits per heavy atom. The number of hydrogen-bond acceptors (Lipinski definition) is 5. The number of ether oxygens (including phenoxy) is 2. The van der Waals surface area contributed by atoms with Crippen molar-refractivity contribution in [3.05, 3.63) is 53.8 Å². The summed E-state index contributed by atoms with van der Waals surface area (Å²) in [5, 5.41) is 3.82. The van der Waals surface area contributed by atoms with Gasteiger partial charge >= 0.3 is 0 Å². The van der Waals surface area contributed by atoms with Crippen molar-refractivity contribution >= 4 is 28.5 Å². The van der Waals surface area contributed by atoms with Crippen LogP contribution >= 0.6 is 0 Å². The van der Waals surface area contributed by atoms with Crippen LogP contribution in [0.15, 0.2) is 46.9 Å². The van der Waals surface area contributed by atoms with E-state index in [1.165, 1.54) is 10.5 Å². The number of rotatable bonds is 7. The molecule has 0 aliphatic heterocycles. The Morgan fingerprint density at radius 3 is 2.58 bits per heavy atom. The summed E-state index contributed by atoms with van der Waals surface area (Å²) in [5.74, 6) is 1.83. The van der Waals surface area contributed by atoms with Crippen molar-refractivity contribution in [2.45, 2.75) is 25.7 Å². The van der Waals surface area contributed by atoms with Crippen molar-refractivity contribution in [1.82, 2.24) is 4.90 Å². The van der Waals surface area contributed by atoms with E-state index in [0.717, 1.165) is 42.4 Å². The molecule has 0 unspecified atom stereocenters. The van der Waals surface area contributed by atoms with E-state index in [4.69, 9.17) is 13.9 Å². The quantitative estimate of drug-likeness (QED) is 0.626. The van der Waals surface area contributed by atoms with Gasteiger partial charge in [-0.3, -0.25) is 9.59 Å². The van der Waals surface area contributed by atoms with Gasteiger partial charge in [0.25, 0.3) is 5.91 Å². The third kappa shape index (κ3) is 4.82. The number of fused-ring (bicyclic) bond motifs is 3. The second kappa shape index (κ2) is 9.12. The normalized spacial score (nSPS) is 12.8.